The third-order valence-electron chi connectivity index (χ3n) is 2.98. The van der Waals surface area contributed by atoms with Crippen LogP contribution in [0, 0.1) is 20.8 Å². The van der Waals surface area contributed by atoms with Gasteiger partial charge >= 0.3 is 0 Å². The molecule has 0 aliphatic rings. The molecule has 1 heterocycles. The average molecular weight is 245 g/mol. The molecule has 4 heteroatoms. The fourth-order valence-corrected chi connectivity index (χ4v) is 2.10. The van der Waals surface area contributed by atoms with Crippen LogP contribution in [0.2, 0.25) is 0 Å². The summed E-state index contributed by atoms with van der Waals surface area (Å²) in [7, 11) is 0. The summed E-state index contributed by atoms with van der Waals surface area (Å²) in [4.78, 5) is 7.37. The molecule has 18 heavy (non-hydrogen) atoms. The fraction of sp³-hybridized carbons (Fsp3) is 0.357. The minimum atomic E-state index is 0.452. The number of aromatic amines is 1. The van der Waals surface area contributed by atoms with E-state index in [0.29, 0.717) is 12.6 Å². The van der Waals surface area contributed by atoms with Crippen LogP contribution in [0.25, 0.3) is 11.3 Å². The molecule has 0 saturated heterocycles. The third kappa shape index (κ3) is 2.18. The van der Waals surface area contributed by atoms with Crippen molar-refractivity contribution in [1.82, 2.24) is 9.97 Å². The summed E-state index contributed by atoms with van der Waals surface area (Å²) in [6, 6.07) is 4.15. The van der Waals surface area contributed by atoms with E-state index in [9.17, 15) is 0 Å². The zero-order valence-electron chi connectivity index (χ0n) is 11.3. The van der Waals surface area contributed by atoms with Gasteiger partial charge in [-0.1, -0.05) is 0 Å². The molecule has 4 nitrogen and oxygen atoms in total. The Hall–Kier alpha value is -1.97. The summed E-state index contributed by atoms with van der Waals surface area (Å²) >= 11 is 0. The Bertz CT molecular complexity index is 573. The van der Waals surface area contributed by atoms with Crippen molar-refractivity contribution in [2.75, 3.05) is 12.3 Å². The van der Waals surface area contributed by atoms with E-state index in [4.69, 9.17) is 10.5 Å². The lowest BCUT2D eigenvalue weighted by Gasteiger charge is -2.11. The quantitative estimate of drug-likeness (QED) is 0.873. The van der Waals surface area contributed by atoms with Crippen LogP contribution in [0.1, 0.15) is 23.7 Å². The summed E-state index contributed by atoms with van der Waals surface area (Å²) in [5.74, 6) is 1.38. The normalized spacial score (nSPS) is 10.7. The van der Waals surface area contributed by atoms with Crippen molar-refractivity contribution in [3.63, 3.8) is 0 Å². The maximum atomic E-state index is 5.69. The molecular formula is C14H19N3O. The molecule has 0 saturated carbocycles. The first-order chi connectivity index (χ1) is 8.52. The molecule has 2 aromatic rings. The number of aromatic nitrogens is 2. The van der Waals surface area contributed by atoms with Gasteiger partial charge in [0.1, 0.15) is 5.75 Å². The maximum absolute atomic E-state index is 5.69. The number of nitrogen functional groups attached to an aromatic ring is 1. The van der Waals surface area contributed by atoms with E-state index in [1.807, 2.05) is 20.8 Å². The van der Waals surface area contributed by atoms with Gasteiger partial charge in [-0.05, 0) is 51.0 Å². The highest BCUT2D eigenvalue weighted by Crippen LogP contribution is 2.31. The van der Waals surface area contributed by atoms with E-state index < -0.39 is 0 Å². The van der Waals surface area contributed by atoms with Crippen LogP contribution >= 0.6 is 0 Å². The molecule has 0 atom stereocenters. The van der Waals surface area contributed by atoms with Gasteiger partial charge in [0.25, 0.3) is 0 Å². The number of rotatable bonds is 3. The van der Waals surface area contributed by atoms with Crippen LogP contribution < -0.4 is 10.5 Å². The second kappa shape index (κ2) is 4.72. The van der Waals surface area contributed by atoms with Gasteiger partial charge in [-0.3, -0.25) is 0 Å². The van der Waals surface area contributed by atoms with E-state index in [2.05, 4.69) is 29.0 Å². The van der Waals surface area contributed by atoms with Gasteiger partial charge in [-0.25, -0.2) is 4.98 Å². The van der Waals surface area contributed by atoms with E-state index in [0.717, 1.165) is 33.8 Å². The number of hydrogen-bond acceptors (Lipinski definition) is 3. The van der Waals surface area contributed by atoms with Crippen molar-refractivity contribution < 1.29 is 4.74 Å². The fourth-order valence-electron chi connectivity index (χ4n) is 2.10. The van der Waals surface area contributed by atoms with Gasteiger partial charge in [0.2, 0.25) is 0 Å². The molecule has 0 aliphatic carbocycles. The van der Waals surface area contributed by atoms with Crippen molar-refractivity contribution >= 4 is 5.95 Å². The first-order valence-electron chi connectivity index (χ1n) is 6.09. The lowest BCUT2D eigenvalue weighted by Crippen LogP contribution is -1.96. The van der Waals surface area contributed by atoms with Gasteiger partial charge < -0.3 is 15.5 Å². The number of anilines is 1. The third-order valence-corrected chi connectivity index (χ3v) is 2.98. The molecule has 2 rings (SSSR count). The smallest absolute Gasteiger partial charge is 0.198 e. The Labute approximate surface area is 107 Å². The summed E-state index contributed by atoms with van der Waals surface area (Å²) in [5.41, 5.74) is 10.9. The maximum Gasteiger partial charge on any atom is 0.198 e. The van der Waals surface area contributed by atoms with Gasteiger partial charge in [0.05, 0.1) is 12.3 Å². The van der Waals surface area contributed by atoms with E-state index in [1.54, 1.807) is 0 Å². The lowest BCUT2D eigenvalue weighted by molar-refractivity contribution is 0.337. The monoisotopic (exact) mass is 245 g/mol. The van der Waals surface area contributed by atoms with Crippen molar-refractivity contribution in [3.8, 4) is 17.0 Å². The van der Waals surface area contributed by atoms with Crippen LogP contribution in [0.3, 0.4) is 0 Å². The minimum Gasteiger partial charge on any atom is -0.494 e. The molecule has 0 unspecified atom stereocenters. The number of ether oxygens (including phenoxy) is 1. The Morgan fingerprint density at radius 2 is 1.94 bits per heavy atom. The number of aryl methyl sites for hydroxylation is 3. The van der Waals surface area contributed by atoms with Crippen LogP contribution in [0.15, 0.2) is 12.1 Å². The van der Waals surface area contributed by atoms with Crippen LogP contribution in [0.5, 0.6) is 5.75 Å². The number of benzene rings is 1. The van der Waals surface area contributed by atoms with E-state index in [-0.39, 0.29) is 0 Å². The molecule has 1 aromatic carbocycles. The molecule has 3 N–H and O–H groups in total. The summed E-state index contributed by atoms with van der Waals surface area (Å²) in [6.45, 7) is 8.74. The minimum absolute atomic E-state index is 0.452. The highest BCUT2D eigenvalue weighted by atomic mass is 16.5. The van der Waals surface area contributed by atoms with Gasteiger partial charge in [0, 0.05) is 11.3 Å². The van der Waals surface area contributed by atoms with Gasteiger partial charge in [0.15, 0.2) is 5.95 Å². The molecule has 96 valence electrons. The van der Waals surface area contributed by atoms with Crippen molar-refractivity contribution in [2.24, 2.45) is 0 Å². The molecule has 0 radical (unpaired) electrons. The number of nitrogens with one attached hydrogen (secondary N) is 1. The number of nitrogens with two attached hydrogens (primary N) is 1. The van der Waals surface area contributed by atoms with Crippen molar-refractivity contribution in [1.29, 1.82) is 0 Å². The summed E-state index contributed by atoms with van der Waals surface area (Å²) in [5, 5.41) is 0. The van der Waals surface area contributed by atoms with Gasteiger partial charge in [-0.15, -0.1) is 0 Å². The molecule has 1 aromatic heterocycles. The number of nitrogens with zero attached hydrogens (tertiary/aromatic N) is 1. The predicted octanol–water partition coefficient (Wildman–Crippen LogP) is 2.98. The van der Waals surface area contributed by atoms with Gasteiger partial charge in [-0.2, -0.15) is 0 Å². The van der Waals surface area contributed by atoms with Crippen LogP contribution in [-0.4, -0.2) is 16.6 Å². The molecule has 0 amide bonds. The Morgan fingerprint density at radius 3 is 2.50 bits per heavy atom. The first-order valence-corrected chi connectivity index (χ1v) is 6.09. The van der Waals surface area contributed by atoms with Crippen molar-refractivity contribution in [3.05, 3.63) is 29.0 Å². The van der Waals surface area contributed by atoms with Crippen LogP contribution in [-0.2, 0) is 0 Å². The van der Waals surface area contributed by atoms with E-state index in [1.165, 1.54) is 0 Å². The number of hydrogen-bond donors (Lipinski definition) is 2. The highest BCUT2D eigenvalue weighted by Gasteiger charge is 2.12. The largest absolute Gasteiger partial charge is 0.494 e. The Balaban J connectivity index is 2.52. The van der Waals surface area contributed by atoms with E-state index >= 15 is 0 Å². The summed E-state index contributed by atoms with van der Waals surface area (Å²) in [6.07, 6.45) is 0. The molecule has 0 spiro atoms. The average Bonchev–Trinajstić information content (AvgIpc) is 2.63. The zero-order chi connectivity index (χ0) is 13.3. The highest BCUT2D eigenvalue weighted by molar-refractivity contribution is 5.69. The predicted molar refractivity (Wildman–Crippen MR) is 73.8 cm³/mol. The standard InChI is InChI=1S/C14H19N3O/c1-5-18-12-7-8(2)11(6-9(12)3)13-10(4)16-14(15)17-13/h6-7H,5H2,1-4H3,(H3,15,16,17). The topological polar surface area (TPSA) is 63.9 Å². The second-order valence-electron chi connectivity index (χ2n) is 4.46. The zero-order valence-corrected chi connectivity index (χ0v) is 11.3. The molecule has 0 bridgehead atoms. The van der Waals surface area contributed by atoms with Crippen LogP contribution in [0.4, 0.5) is 5.95 Å². The SMILES string of the molecule is CCOc1cc(C)c(-c2nc(N)[nH]c2C)cc1C. The Morgan fingerprint density at radius 1 is 1.22 bits per heavy atom. The van der Waals surface area contributed by atoms with Crippen molar-refractivity contribution in [2.45, 2.75) is 27.7 Å². The number of imidazole rings is 1. The number of H-pyrrole nitrogens is 1. The molecule has 0 aliphatic heterocycles. The molecule has 0 fully saturated rings. The summed E-state index contributed by atoms with van der Waals surface area (Å²) < 4.78 is 5.59. The Kier molecular flexibility index (Phi) is 3.28. The molecular weight excluding hydrogens is 226 g/mol. The first kappa shape index (κ1) is 12.5. The second-order valence-corrected chi connectivity index (χ2v) is 4.46. The lowest BCUT2D eigenvalue weighted by atomic mass is 10.0.